The third-order valence-electron chi connectivity index (χ3n) is 8.48. The first-order valence-corrected chi connectivity index (χ1v) is 14.5. The molecule has 0 bridgehead atoms. The van der Waals surface area contributed by atoms with Gasteiger partial charge in [-0.3, -0.25) is 0 Å². The number of ether oxygens (including phenoxy) is 1. The van der Waals surface area contributed by atoms with Gasteiger partial charge >= 0.3 is 0 Å². The minimum Gasteiger partial charge on any atom is -0.392 e. The van der Waals surface area contributed by atoms with E-state index in [4.69, 9.17) is 4.74 Å². The van der Waals surface area contributed by atoms with E-state index in [9.17, 15) is 13.5 Å². The van der Waals surface area contributed by atoms with Crippen molar-refractivity contribution in [1.82, 2.24) is 0 Å². The molecule has 1 N–H and O–H groups in total. The molecule has 0 aromatic rings. The second-order valence-electron chi connectivity index (χ2n) is 10.0. The molecule has 6 heteroatoms. The second kappa shape index (κ2) is 9.87. The van der Waals surface area contributed by atoms with Crippen molar-refractivity contribution in [2.24, 2.45) is 23.2 Å². The minimum atomic E-state index is -3.23. The molecule has 1 heterocycles. The van der Waals surface area contributed by atoms with Crippen LogP contribution < -0.4 is 0 Å². The summed E-state index contributed by atoms with van der Waals surface area (Å²) < 4.78 is 33.0. The Balaban J connectivity index is 2.04. The van der Waals surface area contributed by atoms with Gasteiger partial charge in [0.1, 0.15) is 0 Å². The quantitative estimate of drug-likeness (QED) is 0.522. The van der Waals surface area contributed by atoms with Gasteiger partial charge in [-0.25, -0.2) is 8.42 Å². The molecule has 3 rings (SSSR count). The normalized spacial score (nSPS) is 45.3. The van der Waals surface area contributed by atoms with E-state index >= 15 is 0 Å². The van der Waals surface area contributed by atoms with Crippen LogP contribution in [0.4, 0.5) is 0 Å². The number of rotatable bonds is 6. The van der Waals surface area contributed by atoms with E-state index in [1.54, 1.807) is 7.11 Å². The number of halogens is 1. The highest BCUT2D eigenvalue weighted by Crippen LogP contribution is 2.53. The van der Waals surface area contributed by atoms with Gasteiger partial charge in [0.25, 0.3) is 0 Å². The van der Waals surface area contributed by atoms with Gasteiger partial charge in [-0.1, -0.05) is 49.0 Å². The summed E-state index contributed by atoms with van der Waals surface area (Å²) in [6.45, 7) is 4.24. The maximum absolute atomic E-state index is 13.6. The van der Waals surface area contributed by atoms with E-state index in [0.717, 1.165) is 70.6 Å². The van der Waals surface area contributed by atoms with Crippen LogP contribution in [0.5, 0.6) is 0 Å². The molecule has 8 atom stereocenters. The van der Waals surface area contributed by atoms with Crippen LogP contribution in [0.3, 0.4) is 0 Å². The van der Waals surface area contributed by atoms with Crippen molar-refractivity contribution in [2.45, 2.75) is 107 Å². The molecule has 0 spiro atoms. The third-order valence-corrected chi connectivity index (χ3v) is 11.8. The maximum Gasteiger partial charge on any atom is 0.154 e. The van der Waals surface area contributed by atoms with Gasteiger partial charge < -0.3 is 9.84 Å². The summed E-state index contributed by atoms with van der Waals surface area (Å²) in [6, 6.07) is 0. The molecular weight excluding hydrogens is 452 g/mol. The summed E-state index contributed by atoms with van der Waals surface area (Å²) in [5.74, 6) is 0.647. The number of methoxy groups -OCH3 is 1. The molecule has 0 radical (unpaired) electrons. The zero-order chi connectivity index (χ0) is 21.2. The number of sulfone groups is 1. The lowest BCUT2D eigenvalue weighted by molar-refractivity contribution is -0.0759. The van der Waals surface area contributed by atoms with Gasteiger partial charge in [-0.2, -0.15) is 0 Å². The SMILES string of the molecule is CCCC[C@]1(CC)CS(=O)(=O)C2CCC(Br)CC2[C@H](C2CCCC(OC)C2)[C@@H]1O. The van der Waals surface area contributed by atoms with Crippen molar-refractivity contribution in [2.75, 3.05) is 12.9 Å². The monoisotopic (exact) mass is 492 g/mol. The number of alkyl halides is 1. The van der Waals surface area contributed by atoms with Crippen molar-refractivity contribution < 1.29 is 18.3 Å². The predicted molar refractivity (Wildman–Crippen MR) is 122 cm³/mol. The maximum atomic E-state index is 13.6. The fourth-order valence-electron chi connectivity index (χ4n) is 6.80. The van der Waals surface area contributed by atoms with Crippen LogP contribution in [-0.4, -0.2) is 48.7 Å². The highest BCUT2D eigenvalue weighted by molar-refractivity contribution is 9.09. The summed E-state index contributed by atoms with van der Waals surface area (Å²) in [5.41, 5.74) is -0.501. The molecule has 0 aromatic heterocycles. The highest BCUT2D eigenvalue weighted by atomic mass is 79.9. The lowest BCUT2D eigenvalue weighted by Crippen LogP contribution is -2.48. The first-order chi connectivity index (χ1) is 13.8. The number of unbranched alkanes of at least 4 members (excludes halogenated alkanes) is 1. The van der Waals surface area contributed by atoms with Crippen molar-refractivity contribution in [1.29, 1.82) is 0 Å². The number of hydrogen-bond acceptors (Lipinski definition) is 4. The van der Waals surface area contributed by atoms with Gasteiger partial charge in [0.15, 0.2) is 9.84 Å². The second-order valence-corrected chi connectivity index (χ2v) is 13.6. The number of hydrogen-bond donors (Lipinski definition) is 1. The standard InChI is InChI=1S/C23H41BrO4S/c1-4-6-12-23(5-2)15-29(26,27)20-11-10-17(24)14-19(20)21(22(23)25)16-8-7-9-18(13-16)28-3/h16-22,25H,4-15H2,1-3H3/t16?,17?,18?,19?,20?,21-,22-,23+/m0/s1. The Hall–Kier alpha value is 0.350. The Morgan fingerprint density at radius 3 is 2.55 bits per heavy atom. The molecule has 4 nitrogen and oxygen atoms in total. The van der Waals surface area contributed by atoms with Crippen molar-refractivity contribution in [3.8, 4) is 0 Å². The van der Waals surface area contributed by atoms with Crippen LogP contribution in [0.15, 0.2) is 0 Å². The van der Waals surface area contributed by atoms with E-state index in [1.165, 1.54) is 0 Å². The van der Waals surface area contributed by atoms with Gasteiger partial charge in [0.2, 0.25) is 0 Å². The van der Waals surface area contributed by atoms with Crippen molar-refractivity contribution >= 4 is 25.8 Å². The molecule has 3 fully saturated rings. The number of aliphatic hydroxyl groups is 1. The van der Waals surface area contributed by atoms with E-state index in [0.29, 0.717) is 10.7 Å². The van der Waals surface area contributed by atoms with E-state index in [-0.39, 0.29) is 28.9 Å². The Morgan fingerprint density at radius 2 is 1.90 bits per heavy atom. The molecule has 170 valence electrons. The average Bonchev–Trinajstić information content (AvgIpc) is 2.77. The van der Waals surface area contributed by atoms with Gasteiger partial charge in [0.05, 0.1) is 23.2 Å². The Labute approximate surface area is 186 Å². The molecule has 2 aliphatic carbocycles. The number of fused-ring (bicyclic) bond motifs is 1. The molecule has 5 unspecified atom stereocenters. The number of aliphatic hydroxyl groups excluding tert-OH is 1. The summed E-state index contributed by atoms with van der Waals surface area (Å²) in [5, 5.41) is 11.7. The molecule has 0 aromatic carbocycles. The van der Waals surface area contributed by atoms with E-state index < -0.39 is 21.4 Å². The van der Waals surface area contributed by atoms with Crippen molar-refractivity contribution in [3.05, 3.63) is 0 Å². The zero-order valence-electron chi connectivity index (χ0n) is 18.5. The molecular formula is C23H41BrO4S. The molecule has 29 heavy (non-hydrogen) atoms. The summed E-state index contributed by atoms with van der Waals surface area (Å²) in [7, 11) is -1.44. The topological polar surface area (TPSA) is 63.6 Å². The fourth-order valence-corrected chi connectivity index (χ4v) is 10.4. The van der Waals surface area contributed by atoms with Crippen LogP contribution >= 0.6 is 15.9 Å². The van der Waals surface area contributed by atoms with Crippen LogP contribution in [0.1, 0.15) is 84.5 Å². The molecule has 1 aliphatic heterocycles. The first kappa shape index (κ1) is 24.0. The molecule has 0 amide bonds. The lowest BCUT2D eigenvalue weighted by atomic mass is 9.61. The summed E-state index contributed by atoms with van der Waals surface area (Å²) >= 11 is 3.80. The van der Waals surface area contributed by atoms with Crippen LogP contribution in [0, 0.1) is 23.2 Å². The molecule has 1 saturated heterocycles. The van der Waals surface area contributed by atoms with Crippen molar-refractivity contribution in [3.63, 3.8) is 0 Å². The van der Waals surface area contributed by atoms with Gasteiger partial charge in [-0.05, 0) is 69.1 Å². The molecule has 3 aliphatic rings. The van der Waals surface area contributed by atoms with Gasteiger partial charge in [0, 0.05) is 17.4 Å². The Kier molecular flexibility index (Phi) is 8.17. The highest BCUT2D eigenvalue weighted by Gasteiger charge is 2.56. The average molecular weight is 494 g/mol. The zero-order valence-corrected chi connectivity index (χ0v) is 20.9. The first-order valence-electron chi connectivity index (χ1n) is 11.8. The smallest absolute Gasteiger partial charge is 0.154 e. The van der Waals surface area contributed by atoms with Gasteiger partial charge in [-0.15, -0.1) is 0 Å². The van der Waals surface area contributed by atoms with Crippen LogP contribution in [-0.2, 0) is 14.6 Å². The minimum absolute atomic E-state index is 0.0591. The lowest BCUT2D eigenvalue weighted by Gasteiger charge is -2.47. The summed E-state index contributed by atoms with van der Waals surface area (Å²) in [6.07, 6.45) is 10.0. The van der Waals surface area contributed by atoms with E-state index in [2.05, 4.69) is 29.8 Å². The van der Waals surface area contributed by atoms with Crippen LogP contribution in [0.25, 0.3) is 0 Å². The summed E-state index contributed by atoms with van der Waals surface area (Å²) in [4.78, 5) is 0.361. The fraction of sp³-hybridized carbons (Fsp3) is 1.00. The van der Waals surface area contributed by atoms with E-state index in [1.807, 2.05) is 0 Å². The largest absolute Gasteiger partial charge is 0.392 e. The Bertz CT molecular complexity index is 639. The third kappa shape index (κ3) is 4.90. The predicted octanol–water partition coefficient (Wildman–Crippen LogP) is 5.12. The Morgan fingerprint density at radius 1 is 1.14 bits per heavy atom. The molecule has 2 saturated carbocycles. The van der Waals surface area contributed by atoms with Crippen LogP contribution in [0.2, 0.25) is 0 Å².